The van der Waals surface area contributed by atoms with Gasteiger partial charge in [0, 0.05) is 29.5 Å². The summed E-state index contributed by atoms with van der Waals surface area (Å²) in [4.78, 5) is 27.4. The summed E-state index contributed by atoms with van der Waals surface area (Å²) in [6.45, 7) is 2.64. The van der Waals surface area contributed by atoms with Crippen LogP contribution in [0.3, 0.4) is 0 Å². The van der Waals surface area contributed by atoms with Gasteiger partial charge in [0.1, 0.15) is 5.82 Å². The fourth-order valence-corrected chi connectivity index (χ4v) is 4.41. The molecule has 0 bridgehead atoms. The van der Waals surface area contributed by atoms with Crippen molar-refractivity contribution in [3.8, 4) is 22.5 Å². The molecule has 0 radical (unpaired) electrons. The quantitative estimate of drug-likeness (QED) is 0.171. The van der Waals surface area contributed by atoms with Gasteiger partial charge in [-0.3, -0.25) is 4.57 Å². The van der Waals surface area contributed by atoms with Crippen molar-refractivity contribution in [1.82, 2.24) is 30.2 Å². The molecule has 4 aromatic rings. The Balaban J connectivity index is 0.000000656. The number of thiophene rings is 1. The van der Waals surface area contributed by atoms with Crippen molar-refractivity contribution in [3.05, 3.63) is 57.3 Å². The van der Waals surface area contributed by atoms with Gasteiger partial charge in [0.05, 0.1) is 12.3 Å². The molecule has 0 atom stereocenters. The number of aryl methyl sites for hydroxylation is 1. The van der Waals surface area contributed by atoms with Gasteiger partial charge in [0.2, 0.25) is 5.82 Å². The molecule has 4 rings (SSSR count). The van der Waals surface area contributed by atoms with Gasteiger partial charge in [0.15, 0.2) is 5.15 Å². The predicted octanol–water partition coefficient (Wildman–Crippen LogP) is -0.228. The van der Waals surface area contributed by atoms with E-state index in [9.17, 15) is 5.11 Å². The molecule has 3 heterocycles. The smallest absolute Gasteiger partial charge is 0.756 e. The Hall–Kier alpha value is -1.44. The summed E-state index contributed by atoms with van der Waals surface area (Å²) in [6, 6.07) is 8.35. The van der Waals surface area contributed by atoms with Gasteiger partial charge in [0.25, 0.3) is 7.82 Å². The number of nitrogens with one attached hydrogen (secondary N) is 1. The normalized spacial score (nSPS) is 11.0. The Labute approximate surface area is 232 Å². The zero-order chi connectivity index (χ0) is 24.7. The standard InChI is InChI=1S/C20H21ClN6OS.Na.H3O4P/c1-2-3-4-18-22-19(21)17(10-28)27(18)9-13-5-7-14(8-6-13)15-11-29-12-16(15)20-23-25-26-24-20;;1-5(2,3)4/h5-8,11-12,28H,2-4,9-10H2,1H3,(H,23,24,25,26);;(H3,1,2,3,4)/q;+1;/p-1. The van der Waals surface area contributed by atoms with Crippen LogP contribution in [0.15, 0.2) is 35.0 Å². The van der Waals surface area contributed by atoms with E-state index in [0.717, 1.165) is 47.3 Å². The van der Waals surface area contributed by atoms with E-state index in [1.165, 1.54) is 0 Å². The Morgan fingerprint density at radius 2 is 1.86 bits per heavy atom. The minimum absolute atomic E-state index is 0. The minimum atomic E-state index is -4.89. The number of tetrazole rings is 1. The van der Waals surface area contributed by atoms with Gasteiger partial charge in [-0.25, -0.2) is 4.98 Å². The molecule has 15 heteroatoms. The van der Waals surface area contributed by atoms with Gasteiger partial charge in [-0.05, 0) is 28.1 Å². The third kappa shape index (κ3) is 8.57. The molecule has 0 aliphatic carbocycles. The van der Waals surface area contributed by atoms with E-state index in [-0.39, 0.29) is 36.2 Å². The third-order valence-electron chi connectivity index (χ3n) is 4.86. The number of hydrogen-bond donors (Lipinski definition) is 4. The van der Waals surface area contributed by atoms with Crippen LogP contribution in [0, 0.1) is 0 Å². The number of hydrogen-bond acceptors (Lipinski definition) is 8. The van der Waals surface area contributed by atoms with Gasteiger partial charge in [-0.2, -0.15) is 16.6 Å². The molecule has 1 aromatic carbocycles. The van der Waals surface area contributed by atoms with Crippen molar-refractivity contribution in [3.63, 3.8) is 0 Å². The van der Waals surface area contributed by atoms with Crippen LogP contribution in [0.2, 0.25) is 5.15 Å². The predicted molar refractivity (Wildman–Crippen MR) is 126 cm³/mol. The molecule has 0 aliphatic heterocycles. The number of aliphatic hydroxyl groups is 1. The molecule has 4 N–H and O–H groups in total. The van der Waals surface area contributed by atoms with E-state index in [1.807, 2.05) is 9.95 Å². The number of aromatic amines is 1. The first-order valence-electron chi connectivity index (χ1n) is 10.2. The second kappa shape index (κ2) is 13.8. The van der Waals surface area contributed by atoms with E-state index in [1.54, 1.807) is 11.3 Å². The van der Waals surface area contributed by atoms with Gasteiger partial charge >= 0.3 is 29.6 Å². The molecule has 0 saturated carbocycles. The first-order chi connectivity index (χ1) is 16.2. The van der Waals surface area contributed by atoms with E-state index in [2.05, 4.69) is 62.2 Å². The van der Waals surface area contributed by atoms with Crippen LogP contribution in [-0.4, -0.2) is 45.1 Å². The molecule has 0 fully saturated rings. The van der Waals surface area contributed by atoms with Crippen molar-refractivity contribution < 1.29 is 53.9 Å². The fourth-order valence-electron chi connectivity index (χ4n) is 3.31. The fraction of sp³-hybridized carbons (Fsp3) is 0.300. The van der Waals surface area contributed by atoms with Crippen LogP contribution in [0.1, 0.15) is 36.8 Å². The van der Waals surface area contributed by atoms with Crippen molar-refractivity contribution in [2.75, 3.05) is 0 Å². The Bertz CT molecular complexity index is 1240. The number of H-pyrrole nitrogens is 1. The maximum absolute atomic E-state index is 9.74. The van der Waals surface area contributed by atoms with Crippen LogP contribution < -0.4 is 34.5 Å². The number of halogens is 1. The first-order valence-corrected chi connectivity index (χ1v) is 13.1. The molecule has 0 saturated heterocycles. The second-order valence-electron chi connectivity index (χ2n) is 7.24. The van der Waals surface area contributed by atoms with Crippen LogP contribution in [0.5, 0.6) is 0 Å². The summed E-state index contributed by atoms with van der Waals surface area (Å²) in [5, 5.41) is 28.6. The van der Waals surface area contributed by atoms with Gasteiger partial charge < -0.3 is 24.4 Å². The third-order valence-corrected chi connectivity index (χ3v) is 5.91. The summed E-state index contributed by atoms with van der Waals surface area (Å²) < 4.78 is 10.8. The molecular formula is C20H23ClN6NaO5PS. The monoisotopic (exact) mass is 548 g/mol. The van der Waals surface area contributed by atoms with Crippen LogP contribution >= 0.6 is 30.8 Å². The number of nitrogens with zero attached hydrogens (tertiary/aromatic N) is 5. The van der Waals surface area contributed by atoms with Crippen molar-refractivity contribution >= 4 is 30.8 Å². The van der Waals surface area contributed by atoms with Crippen molar-refractivity contribution in [2.45, 2.75) is 39.3 Å². The van der Waals surface area contributed by atoms with Gasteiger partial charge in [-0.1, -0.05) is 49.2 Å². The number of imidazole rings is 1. The molecular weight excluding hydrogens is 526 g/mol. The largest absolute Gasteiger partial charge is 1.00 e. The van der Waals surface area contributed by atoms with Crippen LogP contribution in [-0.2, 0) is 24.1 Å². The molecule has 182 valence electrons. The average Bonchev–Trinajstić information content (AvgIpc) is 3.52. The molecule has 0 spiro atoms. The summed E-state index contributed by atoms with van der Waals surface area (Å²) in [5.74, 6) is 1.51. The summed E-state index contributed by atoms with van der Waals surface area (Å²) in [6.07, 6.45) is 2.96. The Morgan fingerprint density at radius 3 is 2.43 bits per heavy atom. The van der Waals surface area contributed by atoms with E-state index in [4.69, 9.17) is 30.8 Å². The summed E-state index contributed by atoms with van der Waals surface area (Å²) in [7, 11) is -4.89. The SMILES string of the molecule is CCCCc1nc(Cl)c(CO)n1Cc1ccc(-c2cscc2-c2nn[nH]n2)cc1.O=P([O-])(O)O.[Na+]. The summed E-state index contributed by atoms with van der Waals surface area (Å²) >= 11 is 7.85. The topological polar surface area (TPSA) is 173 Å². The van der Waals surface area contributed by atoms with E-state index < -0.39 is 7.82 Å². The van der Waals surface area contributed by atoms with Gasteiger partial charge in [-0.15, -0.1) is 10.2 Å². The molecule has 11 nitrogen and oxygen atoms in total. The molecule has 35 heavy (non-hydrogen) atoms. The molecule has 0 unspecified atom stereocenters. The van der Waals surface area contributed by atoms with Crippen LogP contribution in [0.25, 0.3) is 22.5 Å². The summed E-state index contributed by atoms with van der Waals surface area (Å²) in [5.41, 5.74) is 4.91. The van der Waals surface area contributed by atoms with E-state index in [0.29, 0.717) is 23.2 Å². The first kappa shape index (κ1) is 29.8. The maximum atomic E-state index is 9.74. The zero-order valence-corrected chi connectivity index (χ0v) is 23.6. The number of aliphatic hydroxyl groups excluding tert-OH is 1. The van der Waals surface area contributed by atoms with Crippen LogP contribution in [0.4, 0.5) is 0 Å². The number of aromatic nitrogens is 6. The zero-order valence-electron chi connectivity index (χ0n) is 19.1. The van der Waals surface area contributed by atoms with Crippen molar-refractivity contribution in [2.24, 2.45) is 0 Å². The average molecular weight is 549 g/mol. The Kier molecular flexibility index (Phi) is 11.7. The number of rotatable bonds is 8. The minimum Gasteiger partial charge on any atom is -0.756 e. The van der Waals surface area contributed by atoms with Crippen molar-refractivity contribution in [1.29, 1.82) is 0 Å². The molecule has 0 aliphatic rings. The maximum Gasteiger partial charge on any atom is 1.00 e. The molecule has 0 amide bonds. The number of phosphoric acid groups is 1. The number of benzene rings is 1. The number of unbranched alkanes of at least 4 members (excludes halogenated alkanes) is 1. The second-order valence-corrected chi connectivity index (χ2v) is 9.32. The Morgan fingerprint density at radius 1 is 1.20 bits per heavy atom. The van der Waals surface area contributed by atoms with E-state index >= 15 is 0 Å². The molecule has 3 aromatic heterocycles.